The Morgan fingerprint density at radius 1 is 1.73 bits per heavy atom. The molecule has 1 heterocycles. The molecule has 0 saturated carbocycles. The predicted molar refractivity (Wildman–Crippen MR) is 47.2 cm³/mol. The third-order valence-electron chi connectivity index (χ3n) is 1.99. The van der Waals surface area contributed by atoms with Gasteiger partial charge in [-0.3, -0.25) is 0 Å². The molecule has 11 heavy (non-hydrogen) atoms. The number of halogens is 1. The van der Waals surface area contributed by atoms with Gasteiger partial charge in [-0.05, 0) is 19.8 Å². The van der Waals surface area contributed by atoms with Gasteiger partial charge in [0.25, 0.3) is 0 Å². The van der Waals surface area contributed by atoms with Gasteiger partial charge in [0.1, 0.15) is 0 Å². The minimum absolute atomic E-state index is 0.527. The van der Waals surface area contributed by atoms with Crippen molar-refractivity contribution in [2.45, 2.75) is 31.8 Å². The Bertz CT molecular complexity index is 104. The molecule has 3 heteroatoms. The molecule has 1 aliphatic rings. The first-order valence-corrected chi connectivity index (χ1v) is 4.76. The molecular weight excluding hydrogens is 162 g/mol. The van der Waals surface area contributed by atoms with Gasteiger partial charge in [0.15, 0.2) is 0 Å². The van der Waals surface area contributed by atoms with Crippen molar-refractivity contribution in [1.82, 2.24) is 5.32 Å². The van der Waals surface area contributed by atoms with Crippen molar-refractivity contribution in [3.05, 3.63) is 0 Å². The highest BCUT2D eigenvalue weighted by molar-refractivity contribution is 6.17. The van der Waals surface area contributed by atoms with Crippen molar-refractivity contribution in [3.8, 4) is 0 Å². The van der Waals surface area contributed by atoms with Crippen LogP contribution in [0.4, 0.5) is 0 Å². The molecule has 1 fully saturated rings. The molecule has 2 nitrogen and oxygen atoms in total. The Labute approximate surface area is 73.3 Å². The molecule has 2 atom stereocenters. The lowest BCUT2D eigenvalue weighted by Gasteiger charge is -2.16. The molecule has 0 bridgehead atoms. The van der Waals surface area contributed by atoms with Gasteiger partial charge in [0.05, 0.1) is 6.61 Å². The Morgan fingerprint density at radius 3 is 3.09 bits per heavy atom. The van der Waals surface area contributed by atoms with Crippen LogP contribution in [0.15, 0.2) is 0 Å². The molecule has 1 saturated heterocycles. The van der Waals surface area contributed by atoms with Gasteiger partial charge in [-0.25, -0.2) is 0 Å². The van der Waals surface area contributed by atoms with Crippen molar-refractivity contribution >= 4 is 11.6 Å². The van der Waals surface area contributed by atoms with Crippen LogP contribution in [0.5, 0.6) is 0 Å². The number of alkyl halides is 1. The predicted octanol–water partition coefficient (Wildman–Crippen LogP) is 1.38. The maximum absolute atomic E-state index is 5.61. The van der Waals surface area contributed by atoms with Gasteiger partial charge in [-0.15, -0.1) is 11.6 Å². The summed E-state index contributed by atoms with van der Waals surface area (Å²) >= 11 is 5.61. The minimum atomic E-state index is 0.527. The van der Waals surface area contributed by atoms with Crippen LogP contribution in [-0.2, 0) is 4.74 Å². The second-order valence-electron chi connectivity index (χ2n) is 3.11. The lowest BCUT2D eigenvalue weighted by atomic mass is 10.2. The average molecular weight is 178 g/mol. The molecule has 2 unspecified atom stereocenters. The van der Waals surface area contributed by atoms with Crippen LogP contribution < -0.4 is 5.32 Å². The third-order valence-corrected chi connectivity index (χ3v) is 2.21. The second-order valence-corrected chi connectivity index (χ2v) is 3.48. The standard InChI is InChI=1S/C8H16ClNO/c1-7(2-4-9)10-8-3-5-11-6-8/h7-8,10H,2-6H2,1H3. The zero-order valence-electron chi connectivity index (χ0n) is 6.98. The summed E-state index contributed by atoms with van der Waals surface area (Å²) in [7, 11) is 0. The number of nitrogens with one attached hydrogen (secondary N) is 1. The first-order chi connectivity index (χ1) is 5.33. The van der Waals surface area contributed by atoms with Gasteiger partial charge >= 0.3 is 0 Å². The molecule has 0 amide bonds. The maximum atomic E-state index is 5.61. The van der Waals surface area contributed by atoms with Crippen LogP contribution in [0, 0.1) is 0 Å². The summed E-state index contributed by atoms with van der Waals surface area (Å²) in [5.41, 5.74) is 0. The fourth-order valence-corrected chi connectivity index (χ4v) is 1.64. The maximum Gasteiger partial charge on any atom is 0.0620 e. The highest BCUT2D eigenvalue weighted by Crippen LogP contribution is 2.05. The summed E-state index contributed by atoms with van der Waals surface area (Å²) in [6.45, 7) is 3.94. The van der Waals surface area contributed by atoms with Crippen LogP contribution in [0.25, 0.3) is 0 Å². The van der Waals surface area contributed by atoms with Crippen LogP contribution in [-0.4, -0.2) is 31.2 Å². The van der Waals surface area contributed by atoms with E-state index in [0.717, 1.165) is 31.9 Å². The summed E-state index contributed by atoms with van der Waals surface area (Å²) in [5, 5.41) is 3.47. The first kappa shape index (κ1) is 9.30. The quantitative estimate of drug-likeness (QED) is 0.656. The van der Waals surface area contributed by atoms with Crippen molar-refractivity contribution in [2.75, 3.05) is 19.1 Å². The number of rotatable bonds is 4. The number of hydrogen-bond acceptors (Lipinski definition) is 2. The van der Waals surface area contributed by atoms with E-state index in [4.69, 9.17) is 16.3 Å². The SMILES string of the molecule is CC(CCCl)NC1CCOC1. The second kappa shape index (κ2) is 4.96. The lowest BCUT2D eigenvalue weighted by Crippen LogP contribution is -2.36. The summed E-state index contributed by atoms with van der Waals surface area (Å²) in [6, 6.07) is 1.09. The molecule has 0 aromatic rings. The number of hydrogen-bond donors (Lipinski definition) is 1. The Balaban J connectivity index is 2.08. The fraction of sp³-hybridized carbons (Fsp3) is 1.00. The van der Waals surface area contributed by atoms with Gasteiger partial charge in [-0.1, -0.05) is 0 Å². The summed E-state index contributed by atoms with van der Waals surface area (Å²) in [6.07, 6.45) is 2.19. The van der Waals surface area contributed by atoms with Crippen molar-refractivity contribution in [2.24, 2.45) is 0 Å². The molecule has 0 aliphatic carbocycles. The van der Waals surface area contributed by atoms with E-state index in [0.29, 0.717) is 12.1 Å². The molecule has 0 aromatic heterocycles. The van der Waals surface area contributed by atoms with Crippen LogP contribution in [0.2, 0.25) is 0 Å². The lowest BCUT2D eigenvalue weighted by molar-refractivity contribution is 0.188. The van der Waals surface area contributed by atoms with E-state index in [1.54, 1.807) is 0 Å². The van der Waals surface area contributed by atoms with Gasteiger partial charge in [0, 0.05) is 24.6 Å². The normalized spacial score (nSPS) is 27.3. The zero-order chi connectivity index (χ0) is 8.10. The van der Waals surface area contributed by atoms with Crippen molar-refractivity contribution in [3.63, 3.8) is 0 Å². The molecule has 66 valence electrons. The zero-order valence-corrected chi connectivity index (χ0v) is 7.73. The molecule has 1 rings (SSSR count). The largest absolute Gasteiger partial charge is 0.380 e. The highest BCUT2D eigenvalue weighted by atomic mass is 35.5. The first-order valence-electron chi connectivity index (χ1n) is 4.22. The fourth-order valence-electron chi connectivity index (χ4n) is 1.32. The molecule has 0 aromatic carbocycles. The van der Waals surface area contributed by atoms with Crippen LogP contribution in [0.1, 0.15) is 19.8 Å². The van der Waals surface area contributed by atoms with Gasteiger partial charge in [-0.2, -0.15) is 0 Å². The Kier molecular flexibility index (Phi) is 4.20. The summed E-state index contributed by atoms with van der Waals surface area (Å²) in [5.74, 6) is 0.738. The topological polar surface area (TPSA) is 21.3 Å². The monoisotopic (exact) mass is 177 g/mol. The van der Waals surface area contributed by atoms with E-state index in [-0.39, 0.29) is 0 Å². The van der Waals surface area contributed by atoms with E-state index in [2.05, 4.69) is 12.2 Å². The summed E-state index contributed by atoms with van der Waals surface area (Å²) < 4.78 is 5.24. The van der Waals surface area contributed by atoms with E-state index in [9.17, 15) is 0 Å². The summed E-state index contributed by atoms with van der Waals surface area (Å²) in [4.78, 5) is 0. The van der Waals surface area contributed by atoms with Gasteiger partial charge in [0.2, 0.25) is 0 Å². The van der Waals surface area contributed by atoms with Crippen molar-refractivity contribution in [1.29, 1.82) is 0 Å². The third kappa shape index (κ3) is 3.41. The highest BCUT2D eigenvalue weighted by Gasteiger charge is 2.16. The average Bonchev–Trinajstić information content (AvgIpc) is 2.40. The van der Waals surface area contributed by atoms with Crippen LogP contribution in [0.3, 0.4) is 0 Å². The van der Waals surface area contributed by atoms with E-state index < -0.39 is 0 Å². The van der Waals surface area contributed by atoms with E-state index in [1.807, 2.05) is 0 Å². The van der Waals surface area contributed by atoms with E-state index in [1.165, 1.54) is 0 Å². The Morgan fingerprint density at radius 2 is 2.55 bits per heavy atom. The molecule has 1 aliphatic heterocycles. The molecular formula is C8H16ClNO. The molecule has 0 radical (unpaired) electrons. The molecule has 1 N–H and O–H groups in total. The minimum Gasteiger partial charge on any atom is -0.380 e. The van der Waals surface area contributed by atoms with E-state index >= 15 is 0 Å². The van der Waals surface area contributed by atoms with Crippen LogP contribution >= 0.6 is 11.6 Å². The number of ether oxygens (including phenoxy) is 1. The van der Waals surface area contributed by atoms with Crippen molar-refractivity contribution < 1.29 is 4.74 Å². The molecule has 0 spiro atoms. The smallest absolute Gasteiger partial charge is 0.0620 e. The van der Waals surface area contributed by atoms with Gasteiger partial charge < -0.3 is 10.1 Å². The Hall–Kier alpha value is 0.210.